The number of ether oxygens (including phenoxy) is 1. The third-order valence-electron chi connectivity index (χ3n) is 4.21. The zero-order valence-corrected chi connectivity index (χ0v) is 14.8. The molecule has 8 heteroatoms. The van der Waals surface area contributed by atoms with Crippen LogP contribution in [0.2, 0.25) is 0 Å². The highest BCUT2D eigenvalue weighted by atomic mass is 35.5. The van der Waals surface area contributed by atoms with Gasteiger partial charge >= 0.3 is 0 Å². The lowest BCUT2D eigenvalue weighted by Crippen LogP contribution is -2.40. The molecule has 0 aromatic heterocycles. The summed E-state index contributed by atoms with van der Waals surface area (Å²) in [6.07, 6.45) is 1.88. The molecule has 0 unspecified atom stereocenters. The molecule has 24 heavy (non-hydrogen) atoms. The largest absolute Gasteiger partial charge is 0.496 e. The van der Waals surface area contributed by atoms with Crippen molar-refractivity contribution >= 4 is 24.0 Å². The molecule has 134 valence electrons. The van der Waals surface area contributed by atoms with Crippen molar-refractivity contribution in [2.24, 2.45) is 5.92 Å². The van der Waals surface area contributed by atoms with E-state index in [1.54, 1.807) is 4.90 Å². The van der Waals surface area contributed by atoms with Crippen LogP contribution in [0.25, 0.3) is 0 Å². The first kappa shape index (κ1) is 20.2. The second-order valence-corrected chi connectivity index (χ2v) is 5.68. The minimum Gasteiger partial charge on any atom is -0.496 e. The van der Waals surface area contributed by atoms with E-state index in [9.17, 15) is 14.9 Å². The fourth-order valence-corrected chi connectivity index (χ4v) is 2.84. The minimum absolute atomic E-state index is 0. The maximum Gasteiger partial charge on any atom is 0.270 e. The number of methoxy groups -OCH3 is 1. The molecule has 1 saturated heterocycles. The number of nitrogens with one attached hydrogen (secondary N) is 1. The van der Waals surface area contributed by atoms with Gasteiger partial charge in [0.2, 0.25) is 0 Å². The molecular weight excluding hydrogens is 334 g/mol. The molecule has 0 spiro atoms. The van der Waals surface area contributed by atoms with Gasteiger partial charge in [0.15, 0.2) is 0 Å². The van der Waals surface area contributed by atoms with E-state index in [1.165, 1.54) is 25.3 Å². The summed E-state index contributed by atoms with van der Waals surface area (Å²) in [5.41, 5.74) is 0.156. The molecule has 1 heterocycles. The topological polar surface area (TPSA) is 84.7 Å². The Bertz CT molecular complexity index is 574. The predicted octanol–water partition coefficient (Wildman–Crippen LogP) is 2.49. The van der Waals surface area contributed by atoms with Gasteiger partial charge in [0.05, 0.1) is 17.6 Å². The number of nitro benzene ring substituents is 1. The standard InChI is InChI=1S/C16H23N3O4.ClH/c1-3-17-11-12-6-8-18(9-7-12)16(20)14-10-13(19(21)22)4-5-15(14)23-2;/h4-5,10,12,17H,3,6-9,11H2,1-2H3;1H. The van der Waals surface area contributed by atoms with Gasteiger partial charge in [-0.2, -0.15) is 0 Å². The smallest absolute Gasteiger partial charge is 0.270 e. The summed E-state index contributed by atoms with van der Waals surface area (Å²) in [5.74, 6) is 0.744. The predicted molar refractivity (Wildman–Crippen MR) is 94.1 cm³/mol. The summed E-state index contributed by atoms with van der Waals surface area (Å²) in [5, 5.41) is 14.3. The number of hydrogen-bond acceptors (Lipinski definition) is 5. The average Bonchev–Trinajstić information content (AvgIpc) is 2.59. The molecule has 1 aromatic carbocycles. The number of nitro groups is 1. The van der Waals surface area contributed by atoms with E-state index in [1.807, 2.05) is 0 Å². The molecule has 7 nitrogen and oxygen atoms in total. The minimum atomic E-state index is -0.501. The van der Waals surface area contributed by atoms with Crippen LogP contribution in [-0.2, 0) is 0 Å². The number of hydrogen-bond donors (Lipinski definition) is 1. The molecule has 0 saturated carbocycles. The summed E-state index contributed by atoms with van der Waals surface area (Å²) >= 11 is 0. The highest BCUT2D eigenvalue weighted by Gasteiger charge is 2.26. The number of rotatable bonds is 6. The average molecular weight is 358 g/mol. The molecule has 1 N–H and O–H groups in total. The number of benzene rings is 1. The lowest BCUT2D eigenvalue weighted by atomic mass is 9.96. The number of amides is 1. The van der Waals surface area contributed by atoms with Gasteiger partial charge in [0, 0.05) is 25.2 Å². The normalized spacial score (nSPS) is 14.8. The van der Waals surface area contributed by atoms with Gasteiger partial charge in [0.1, 0.15) is 5.75 Å². The Morgan fingerprint density at radius 3 is 2.62 bits per heavy atom. The lowest BCUT2D eigenvalue weighted by Gasteiger charge is -2.32. The monoisotopic (exact) mass is 357 g/mol. The van der Waals surface area contributed by atoms with Crippen LogP contribution in [-0.4, -0.2) is 49.0 Å². The van der Waals surface area contributed by atoms with Crippen LogP contribution in [0.15, 0.2) is 18.2 Å². The van der Waals surface area contributed by atoms with E-state index < -0.39 is 4.92 Å². The van der Waals surface area contributed by atoms with Crippen LogP contribution < -0.4 is 10.1 Å². The van der Waals surface area contributed by atoms with E-state index in [0.717, 1.165) is 25.9 Å². The summed E-state index contributed by atoms with van der Waals surface area (Å²) in [4.78, 5) is 24.9. The zero-order valence-electron chi connectivity index (χ0n) is 14.0. The van der Waals surface area contributed by atoms with Crippen LogP contribution in [0.5, 0.6) is 5.75 Å². The summed E-state index contributed by atoms with van der Waals surface area (Å²) in [6, 6.07) is 4.12. The molecule has 0 aliphatic carbocycles. The molecule has 1 aliphatic rings. The second-order valence-electron chi connectivity index (χ2n) is 5.68. The van der Waals surface area contributed by atoms with Crippen LogP contribution in [0.4, 0.5) is 5.69 Å². The van der Waals surface area contributed by atoms with E-state index in [4.69, 9.17) is 4.74 Å². The van der Waals surface area contributed by atoms with Crippen LogP contribution in [0.1, 0.15) is 30.1 Å². The molecule has 1 aliphatic heterocycles. The first-order chi connectivity index (χ1) is 11.1. The molecular formula is C16H24ClN3O4. The van der Waals surface area contributed by atoms with Crippen molar-refractivity contribution in [2.75, 3.05) is 33.3 Å². The van der Waals surface area contributed by atoms with E-state index >= 15 is 0 Å². The van der Waals surface area contributed by atoms with Crippen molar-refractivity contribution in [1.29, 1.82) is 0 Å². The molecule has 1 aromatic rings. The van der Waals surface area contributed by atoms with Crippen molar-refractivity contribution in [3.8, 4) is 5.75 Å². The Balaban J connectivity index is 0.00000288. The third kappa shape index (κ3) is 4.82. The first-order valence-corrected chi connectivity index (χ1v) is 7.89. The maximum absolute atomic E-state index is 12.7. The van der Waals surface area contributed by atoms with Crippen LogP contribution in [0.3, 0.4) is 0 Å². The van der Waals surface area contributed by atoms with Gasteiger partial charge in [-0.25, -0.2) is 0 Å². The lowest BCUT2D eigenvalue weighted by molar-refractivity contribution is -0.384. The Labute approximate surface area is 147 Å². The third-order valence-corrected chi connectivity index (χ3v) is 4.21. The molecule has 1 fully saturated rings. The molecule has 0 radical (unpaired) electrons. The van der Waals surface area contributed by atoms with E-state index in [0.29, 0.717) is 24.8 Å². The highest BCUT2D eigenvalue weighted by molar-refractivity contribution is 5.97. The quantitative estimate of drug-likeness (QED) is 0.624. The number of likely N-dealkylation sites (tertiary alicyclic amines) is 1. The number of non-ortho nitro benzene ring substituents is 1. The molecule has 2 rings (SSSR count). The Morgan fingerprint density at radius 1 is 1.42 bits per heavy atom. The fourth-order valence-electron chi connectivity index (χ4n) is 2.84. The molecule has 0 atom stereocenters. The van der Waals surface area contributed by atoms with Gasteiger partial charge in [-0.1, -0.05) is 6.92 Å². The van der Waals surface area contributed by atoms with Crippen LogP contribution in [0, 0.1) is 16.0 Å². The van der Waals surface area contributed by atoms with Gasteiger partial charge in [0.25, 0.3) is 11.6 Å². The van der Waals surface area contributed by atoms with E-state index in [-0.39, 0.29) is 29.6 Å². The van der Waals surface area contributed by atoms with Crippen molar-refractivity contribution < 1.29 is 14.5 Å². The Kier molecular flexibility index (Phi) is 7.94. The maximum atomic E-state index is 12.7. The van der Waals surface area contributed by atoms with Crippen LogP contribution >= 0.6 is 12.4 Å². The number of nitrogens with zero attached hydrogens (tertiary/aromatic N) is 2. The van der Waals surface area contributed by atoms with Gasteiger partial charge in [-0.05, 0) is 37.9 Å². The van der Waals surface area contributed by atoms with Crippen molar-refractivity contribution in [2.45, 2.75) is 19.8 Å². The van der Waals surface area contributed by atoms with Crippen molar-refractivity contribution in [3.05, 3.63) is 33.9 Å². The van der Waals surface area contributed by atoms with Gasteiger partial charge < -0.3 is 15.0 Å². The molecule has 1 amide bonds. The number of piperidine rings is 1. The SMILES string of the molecule is CCNCC1CCN(C(=O)c2cc([N+](=O)[O-])ccc2OC)CC1.Cl. The van der Waals surface area contributed by atoms with Gasteiger partial charge in [-0.3, -0.25) is 14.9 Å². The zero-order chi connectivity index (χ0) is 16.8. The molecule has 0 bridgehead atoms. The Hall–Kier alpha value is -1.86. The summed E-state index contributed by atoms with van der Waals surface area (Å²) < 4.78 is 5.19. The van der Waals surface area contributed by atoms with Crippen molar-refractivity contribution in [1.82, 2.24) is 10.2 Å². The number of halogens is 1. The second kappa shape index (κ2) is 9.44. The fraction of sp³-hybridized carbons (Fsp3) is 0.562. The summed E-state index contributed by atoms with van der Waals surface area (Å²) in [7, 11) is 1.46. The highest BCUT2D eigenvalue weighted by Crippen LogP contribution is 2.27. The number of carbonyl (C=O) groups is 1. The first-order valence-electron chi connectivity index (χ1n) is 7.89. The Morgan fingerprint density at radius 2 is 2.08 bits per heavy atom. The summed E-state index contributed by atoms with van der Waals surface area (Å²) in [6.45, 7) is 5.33. The van der Waals surface area contributed by atoms with Gasteiger partial charge in [-0.15, -0.1) is 12.4 Å². The van der Waals surface area contributed by atoms with E-state index in [2.05, 4.69) is 12.2 Å². The number of carbonyl (C=O) groups excluding carboxylic acids is 1. The van der Waals surface area contributed by atoms with Crippen molar-refractivity contribution in [3.63, 3.8) is 0 Å².